The number of allylic oxidation sites excluding steroid dienone is 1. The van der Waals surface area contributed by atoms with Gasteiger partial charge >= 0.3 is 0 Å². The van der Waals surface area contributed by atoms with E-state index in [0.29, 0.717) is 12.1 Å². The average molecular weight is 183 g/mol. The van der Waals surface area contributed by atoms with Crippen molar-refractivity contribution in [3.8, 4) is 0 Å². The number of hydrogen-bond donors (Lipinski definition) is 1. The van der Waals surface area contributed by atoms with E-state index in [2.05, 4.69) is 5.32 Å². The highest BCUT2D eigenvalue weighted by atomic mass is 16.5. The summed E-state index contributed by atoms with van der Waals surface area (Å²) in [6.07, 6.45) is 4.38. The third-order valence-electron chi connectivity index (χ3n) is 1.67. The Kier molecular flexibility index (Phi) is 7.21. The highest BCUT2D eigenvalue weighted by Gasteiger charge is 2.10. The van der Waals surface area contributed by atoms with Crippen molar-refractivity contribution in [2.75, 3.05) is 20.7 Å². The van der Waals surface area contributed by atoms with Crippen LogP contribution in [0.1, 0.15) is 13.3 Å². The first-order valence-electron chi connectivity index (χ1n) is 4.39. The van der Waals surface area contributed by atoms with Gasteiger partial charge in [-0.15, -0.1) is 0 Å². The maximum absolute atomic E-state index is 10.6. The summed E-state index contributed by atoms with van der Waals surface area (Å²) in [5, 5.41) is 2.95. The summed E-state index contributed by atoms with van der Waals surface area (Å²) in [7, 11) is 3.40. The highest BCUT2D eigenvalue weighted by Crippen LogP contribution is 2.03. The fourth-order valence-corrected chi connectivity index (χ4v) is 0.958. The number of rotatable bonds is 6. The molecule has 1 atom stereocenters. The maximum atomic E-state index is 10.6. The van der Waals surface area contributed by atoms with Crippen LogP contribution in [0.15, 0.2) is 17.7 Å². The van der Waals surface area contributed by atoms with Gasteiger partial charge in [-0.1, -0.05) is 13.0 Å². The van der Waals surface area contributed by atoms with Crippen molar-refractivity contribution in [3.05, 3.63) is 17.7 Å². The molecule has 0 aromatic heterocycles. The second-order valence-electron chi connectivity index (χ2n) is 2.65. The molecular formula is C10H17NO2. The number of ether oxygens (including phenoxy) is 1. The number of likely N-dealkylation sites (N-methyl/N-ethyl adjacent to an activating group) is 1. The Balaban J connectivity index is 4.36. The van der Waals surface area contributed by atoms with E-state index in [1.165, 1.54) is 0 Å². The Morgan fingerprint density at radius 1 is 1.69 bits per heavy atom. The molecule has 0 aliphatic rings. The van der Waals surface area contributed by atoms with E-state index in [1.807, 2.05) is 26.0 Å². The predicted octanol–water partition coefficient (Wildman–Crippen LogP) is 0.945. The van der Waals surface area contributed by atoms with Gasteiger partial charge in [0, 0.05) is 13.7 Å². The molecule has 0 amide bonds. The van der Waals surface area contributed by atoms with Crippen molar-refractivity contribution in [1.82, 2.24) is 5.32 Å². The fourth-order valence-electron chi connectivity index (χ4n) is 0.958. The molecule has 1 N–H and O–H groups in total. The van der Waals surface area contributed by atoms with Crippen molar-refractivity contribution in [2.24, 2.45) is 0 Å². The van der Waals surface area contributed by atoms with Crippen molar-refractivity contribution in [2.45, 2.75) is 19.4 Å². The average Bonchev–Trinajstić information content (AvgIpc) is 2.17. The zero-order valence-electron chi connectivity index (χ0n) is 8.46. The van der Waals surface area contributed by atoms with E-state index >= 15 is 0 Å². The number of hydrogen-bond acceptors (Lipinski definition) is 3. The second-order valence-corrected chi connectivity index (χ2v) is 2.65. The molecule has 0 saturated heterocycles. The Bertz CT molecular complexity index is 205. The van der Waals surface area contributed by atoms with Gasteiger partial charge in [0.25, 0.3) is 0 Å². The van der Waals surface area contributed by atoms with Crippen LogP contribution >= 0.6 is 0 Å². The summed E-state index contributed by atoms with van der Waals surface area (Å²) in [6.45, 7) is 2.63. The molecule has 0 spiro atoms. The van der Waals surface area contributed by atoms with E-state index in [0.717, 1.165) is 6.42 Å². The molecule has 0 fully saturated rings. The molecule has 0 aromatic carbocycles. The molecule has 0 saturated carbocycles. The Morgan fingerprint density at radius 3 is 2.77 bits per heavy atom. The Labute approximate surface area is 79.5 Å². The van der Waals surface area contributed by atoms with Crippen LogP contribution in [-0.4, -0.2) is 32.7 Å². The van der Waals surface area contributed by atoms with Gasteiger partial charge < -0.3 is 10.1 Å². The lowest BCUT2D eigenvalue weighted by Gasteiger charge is -2.12. The topological polar surface area (TPSA) is 38.3 Å². The van der Waals surface area contributed by atoms with Crippen LogP contribution in [0.2, 0.25) is 0 Å². The SMILES string of the molecule is CC/C=C\C(=C=O)[C@H](CNC)OC. The molecule has 0 radical (unpaired) electrons. The summed E-state index contributed by atoms with van der Waals surface area (Å²) < 4.78 is 5.13. The third kappa shape index (κ3) is 4.63. The largest absolute Gasteiger partial charge is 0.375 e. The Morgan fingerprint density at radius 2 is 2.38 bits per heavy atom. The standard InChI is InChI=1S/C10H17NO2/c1-4-5-6-9(8-12)10(13-3)7-11-2/h5-6,10-11H,4,7H2,1-3H3/b6-5-/t10-/m0/s1. The van der Waals surface area contributed by atoms with Crippen LogP contribution in [0.3, 0.4) is 0 Å². The zero-order valence-corrected chi connectivity index (χ0v) is 8.46. The molecule has 13 heavy (non-hydrogen) atoms. The van der Waals surface area contributed by atoms with Crippen LogP contribution in [-0.2, 0) is 9.53 Å². The lowest BCUT2D eigenvalue weighted by atomic mass is 10.1. The fraction of sp³-hybridized carbons (Fsp3) is 0.600. The molecule has 0 heterocycles. The predicted molar refractivity (Wildman–Crippen MR) is 53.4 cm³/mol. The molecule has 0 aliphatic carbocycles. The summed E-state index contributed by atoms with van der Waals surface area (Å²) in [6, 6.07) is 0. The zero-order chi connectivity index (χ0) is 10.1. The van der Waals surface area contributed by atoms with Gasteiger partial charge in [0.2, 0.25) is 0 Å². The van der Waals surface area contributed by atoms with E-state index in [-0.39, 0.29) is 6.10 Å². The first-order valence-corrected chi connectivity index (χ1v) is 4.39. The molecular weight excluding hydrogens is 166 g/mol. The number of methoxy groups -OCH3 is 1. The molecule has 3 heteroatoms. The van der Waals surface area contributed by atoms with Gasteiger partial charge in [-0.05, 0) is 19.5 Å². The highest BCUT2D eigenvalue weighted by molar-refractivity contribution is 5.59. The van der Waals surface area contributed by atoms with Crippen molar-refractivity contribution < 1.29 is 9.53 Å². The summed E-state index contributed by atoms with van der Waals surface area (Å²) in [4.78, 5) is 10.6. The van der Waals surface area contributed by atoms with Crippen LogP contribution in [0.5, 0.6) is 0 Å². The van der Waals surface area contributed by atoms with E-state index in [4.69, 9.17) is 4.74 Å². The summed E-state index contributed by atoms with van der Waals surface area (Å²) in [5.41, 5.74) is 0.554. The number of nitrogens with one attached hydrogen (secondary N) is 1. The summed E-state index contributed by atoms with van der Waals surface area (Å²) in [5.74, 6) is 1.89. The number of carbonyl (C=O) groups excluding carboxylic acids is 1. The van der Waals surface area contributed by atoms with Crippen molar-refractivity contribution in [1.29, 1.82) is 0 Å². The normalized spacial score (nSPS) is 12.8. The lowest BCUT2D eigenvalue weighted by Crippen LogP contribution is -2.27. The van der Waals surface area contributed by atoms with Gasteiger partial charge in [0.1, 0.15) is 12.0 Å². The lowest BCUT2D eigenvalue weighted by molar-refractivity contribution is 0.135. The van der Waals surface area contributed by atoms with Crippen LogP contribution in [0.25, 0.3) is 0 Å². The van der Waals surface area contributed by atoms with Crippen LogP contribution in [0, 0.1) is 0 Å². The molecule has 0 aliphatic heterocycles. The molecule has 0 aromatic rings. The Hall–Kier alpha value is -0.890. The molecule has 0 rings (SSSR count). The first kappa shape index (κ1) is 12.1. The van der Waals surface area contributed by atoms with E-state index in [9.17, 15) is 4.79 Å². The monoisotopic (exact) mass is 183 g/mol. The van der Waals surface area contributed by atoms with Crippen molar-refractivity contribution >= 4 is 5.94 Å². The van der Waals surface area contributed by atoms with Crippen LogP contribution in [0.4, 0.5) is 0 Å². The molecule has 74 valence electrons. The van der Waals surface area contributed by atoms with Gasteiger partial charge in [-0.2, -0.15) is 0 Å². The second kappa shape index (κ2) is 7.74. The van der Waals surface area contributed by atoms with Gasteiger partial charge in [0.05, 0.1) is 5.57 Å². The quantitative estimate of drug-likeness (QED) is 0.492. The van der Waals surface area contributed by atoms with Crippen molar-refractivity contribution in [3.63, 3.8) is 0 Å². The van der Waals surface area contributed by atoms with Crippen LogP contribution < -0.4 is 5.32 Å². The molecule has 3 nitrogen and oxygen atoms in total. The third-order valence-corrected chi connectivity index (χ3v) is 1.67. The minimum absolute atomic E-state index is 0.203. The van der Waals surface area contributed by atoms with E-state index < -0.39 is 0 Å². The van der Waals surface area contributed by atoms with Gasteiger partial charge in [-0.3, -0.25) is 0 Å². The maximum Gasteiger partial charge on any atom is 0.130 e. The molecule has 0 unspecified atom stereocenters. The smallest absolute Gasteiger partial charge is 0.130 e. The summed E-state index contributed by atoms with van der Waals surface area (Å²) >= 11 is 0. The van der Waals surface area contributed by atoms with Gasteiger partial charge in [0.15, 0.2) is 0 Å². The minimum Gasteiger partial charge on any atom is -0.375 e. The minimum atomic E-state index is -0.203. The molecule has 0 bridgehead atoms. The first-order chi connectivity index (χ1) is 6.29. The van der Waals surface area contributed by atoms with Gasteiger partial charge in [-0.25, -0.2) is 4.79 Å². The van der Waals surface area contributed by atoms with E-state index in [1.54, 1.807) is 13.2 Å².